The van der Waals surface area contributed by atoms with E-state index in [1.54, 1.807) is 12.1 Å². The normalized spacial score (nSPS) is 20.6. The number of halogens is 1. The van der Waals surface area contributed by atoms with Gasteiger partial charge in [0.25, 0.3) is 0 Å². The SMILES string of the molecule is CCc1ccc(C2=N[C@@H](C(C)C)N[C@H](c3cc(Cl)ccc3O)C2)cc1. The van der Waals surface area contributed by atoms with Gasteiger partial charge in [0.15, 0.2) is 0 Å². The molecule has 2 N–H and O–H groups in total. The predicted molar refractivity (Wildman–Crippen MR) is 105 cm³/mol. The van der Waals surface area contributed by atoms with E-state index in [1.807, 2.05) is 6.07 Å². The van der Waals surface area contributed by atoms with E-state index < -0.39 is 0 Å². The number of nitrogens with zero attached hydrogens (tertiary/aromatic N) is 1. The van der Waals surface area contributed by atoms with Crippen molar-refractivity contribution in [2.75, 3.05) is 0 Å². The minimum Gasteiger partial charge on any atom is -0.508 e. The zero-order valence-electron chi connectivity index (χ0n) is 15.0. The number of hydrogen-bond donors (Lipinski definition) is 2. The largest absolute Gasteiger partial charge is 0.508 e. The highest BCUT2D eigenvalue weighted by atomic mass is 35.5. The Balaban J connectivity index is 1.95. The summed E-state index contributed by atoms with van der Waals surface area (Å²) in [5.74, 6) is 0.626. The fourth-order valence-electron chi connectivity index (χ4n) is 3.19. The number of nitrogens with one attached hydrogen (secondary N) is 1. The number of aryl methyl sites for hydroxylation is 1. The smallest absolute Gasteiger partial charge is 0.120 e. The molecule has 0 saturated carbocycles. The van der Waals surface area contributed by atoms with Crippen molar-refractivity contribution in [2.24, 2.45) is 10.9 Å². The first-order valence-electron chi connectivity index (χ1n) is 8.88. The molecule has 1 heterocycles. The van der Waals surface area contributed by atoms with E-state index in [2.05, 4.69) is 50.4 Å². The molecule has 0 fully saturated rings. The fourth-order valence-corrected chi connectivity index (χ4v) is 3.37. The van der Waals surface area contributed by atoms with Crippen molar-refractivity contribution in [3.8, 4) is 5.75 Å². The molecule has 2 atom stereocenters. The Morgan fingerprint density at radius 1 is 1.20 bits per heavy atom. The molecule has 0 amide bonds. The average Bonchev–Trinajstić information content (AvgIpc) is 2.63. The van der Waals surface area contributed by atoms with Crippen LogP contribution in [-0.4, -0.2) is 17.0 Å². The highest BCUT2D eigenvalue weighted by Crippen LogP contribution is 2.33. The van der Waals surface area contributed by atoms with Crippen molar-refractivity contribution in [1.82, 2.24) is 5.32 Å². The maximum Gasteiger partial charge on any atom is 0.120 e. The van der Waals surface area contributed by atoms with Crippen LogP contribution < -0.4 is 5.32 Å². The van der Waals surface area contributed by atoms with Crippen molar-refractivity contribution in [2.45, 2.75) is 45.8 Å². The number of aliphatic imine (C=N–C) groups is 1. The van der Waals surface area contributed by atoms with Crippen molar-refractivity contribution in [1.29, 1.82) is 0 Å². The standard InChI is InChI=1S/C21H25ClN2O/c1-4-14-5-7-15(8-6-14)18-12-19(24-21(23-18)13(2)3)17-11-16(22)9-10-20(17)25/h5-11,13,19,21,24-25H,4,12H2,1-3H3/t19-,21+/m0/s1. The van der Waals surface area contributed by atoms with E-state index in [-0.39, 0.29) is 18.0 Å². The first-order chi connectivity index (χ1) is 12.0. The van der Waals surface area contributed by atoms with Crippen molar-refractivity contribution < 1.29 is 5.11 Å². The lowest BCUT2D eigenvalue weighted by Gasteiger charge is -2.32. The van der Waals surface area contributed by atoms with Gasteiger partial charge in [-0.1, -0.05) is 56.6 Å². The third kappa shape index (κ3) is 4.05. The summed E-state index contributed by atoms with van der Waals surface area (Å²) in [5.41, 5.74) is 4.37. The Bertz CT molecular complexity index is 768. The topological polar surface area (TPSA) is 44.6 Å². The second kappa shape index (κ2) is 7.59. The van der Waals surface area contributed by atoms with Crippen LogP contribution in [0.5, 0.6) is 5.75 Å². The van der Waals surface area contributed by atoms with E-state index in [4.69, 9.17) is 16.6 Å². The molecular formula is C21H25ClN2O. The Kier molecular flexibility index (Phi) is 5.45. The number of aromatic hydroxyl groups is 1. The number of phenolic OH excluding ortho intramolecular Hbond substituents is 1. The summed E-state index contributed by atoms with van der Waals surface area (Å²) in [6, 6.07) is 13.8. The first-order valence-corrected chi connectivity index (χ1v) is 9.26. The maximum absolute atomic E-state index is 10.3. The molecular weight excluding hydrogens is 332 g/mol. The van der Waals surface area contributed by atoms with Crippen LogP contribution in [0.2, 0.25) is 5.02 Å². The first kappa shape index (κ1) is 18.0. The summed E-state index contributed by atoms with van der Waals surface area (Å²) in [7, 11) is 0. The summed E-state index contributed by atoms with van der Waals surface area (Å²) in [6.45, 7) is 6.46. The highest BCUT2D eigenvalue weighted by molar-refractivity contribution is 6.30. The van der Waals surface area contributed by atoms with Crippen LogP contribution in [0.15, 0.2) is 47.5 Å². The van der Waals surface area contributed by atoms with Crippen LogP contribution in [0.25, 0.3) is 0 Å². The second-order valence-electron chi connectivity index (χ2n) is 6.94. The van der Waals surface area contributed by atoms with Crippen molar-refractivity contribution in [3.63, 3.8) is 0 Å². The molecule has 0 spiro atoms. The van der Waals surface area contributed by atoms with Gasteiger partial charge in [0, 0.05) is 28.8 Å². The molecule has 0 unspecified atom stereocenters. The molecule has 0 radical (unpaired) electrons. The number of benzene rings is 2. The Labute approximate surface area is 154 Å². The number of hydrogen-bond acceptors (Lipinski definition) is 3. The molecule has 25 heavy (non-hydrogen) atoms. The van der Waals surface area contributed by atoms with Crippen LogP contribution in [-0.2, 0) is 6.42 Å². The van der Waals surface area contributed by atoms with E-state index in [0.29, 0.717) is 10.9 Å². The summed E-state index contributed by atoms with van der Waals surface area (Å²) in [4.78, 5) is 4.93. The van der Waals surface area contributed by atoms with Crippen LogP contribution in [0.4, 0.5) is 0 Å². The van der Waals surface area contributed by atoms with Gasteiger partial charge < -0.3 is 5.11 Å². The van der Waals surface area contributed by atoms with Gasteiger partial charge in [-0.2, -0.15) is 0 Å². The van der Waals surface area contributed by atoms with E-state index in [0.717, 1.165) is 29.7 Å². The second-order valence-corrected chi connectivity index (χ2v) is 7.38. The molecule has 0 bridgehead atoms. The summed E-state index contributed by atoms with van der Waals surface area (Å²) in [6.07, 6.45) is 1.77. The maximum atomic E-state index is 10.3. The molecule has 1 aliphatic heterocycles. The van der Waals surface area contributed by atoms with Gasteiger partial charge in [-0.25, -0.2) is 0 Å². The molecule has 0 aromatic heterocycles. The summed E-state index contributed by atoms with van der Waals surface area (Å²) in [5, 5.41) is 14.5. The molecule has 1 aliphatic rings. The molecule has 2 aromatic rings. The lowest BCUT2D eigenvalue weighted by molar-refractivity contribution is 0.345. The fraction of sp³-hybridized carbons (Fsp3) is 0.381. The molecule has 4 heteroatoms. The Hall–Kier alpha value is -1.84. The van der Waals surface area contributed by atoms with Gasteiger partial charge in [-0.05, 0) is 41.7 Å². The molecule has 0 saturated heterocycles. The molecule has 3 rings (SSSR count). The van der Waals surface area contributed by atoms with Gasteiger partial charge >= 0.3 is 0 Å². The zero-order valence-corrected chi connectivity index (χ0v) is 15.7. The minimum atomic E-state index is -0.00977. The third-order valence-electron chi connectivity index (χ3n) is 4.76. The lowest BCUT2D eigenvalue weighted by Crippen LogP contribution is -2.41. The van der Waals surface area contributed by atoms with Gasteiger partial charge in [0.05, 0.1) is 0 Å². The lowest BCUT2D eigenvalue weighted by atomic mass is 9.92. The van der Waals surface area contributed by atoms with Gasteiger partial charge in [-0.3, -0.25) is 10.3 Å². The number of rotatable bonds is 4. The van der Waals surface area contributed by atoms with E-state index in [9.17, 15) is 5.11 Å². The van der Waals surface area contributed by atoms with Gasteiger partial charge in [0.1, 0.15) is 11.9 Å². The Morgan fingerprint density at radius 2 is 1.92 bits per heavy atom. The number of phenols is 1. The van der Waals surface area contributed by atoms with Gasteiger partial charge in [-0.15, -0.1) is 0 Å². The minimum absolute atomic E-state index is 0.00977. The van der Waals surface area contributed by atoms with Crippen molar-refractivity contribution in [3.05, 3.63) is 64.2 Å². The predicted octanol–water partition coefficient (Wildman–Crippen LogP) is 5.11. The van der Waals surface area contributed by atoms with Crippen molar-refractivity contribution >= 4 is 17.3 Å². The quantitative estimate of drug-likeness (QED) is 0.799. The van der Waals surface area contributed by atoms with E-state index >= 15 is 0 Å². The van der Waals surface area contributed by atoms with E-state index in [1.165, 1.54) is 5.56 Å². The zero-order chi connectivity index (χ0) is 18.0. The van der Waals surface area contributed by atoms with Crippen LogP contribution in [0, 0.1) is 5.92 Å². The average molecular weight is 357 g/mol. The summed E-state index contributed by atoms with van der Waals surface area (Å²) < 4.78 is 0. The third-order valence-corrected chi connectivity index (χ3v) is 4.99. The van der Waals surface area contributed by atoms with Crippen LogP contribution in [0.1, 0.15) is 49.9 Å². The highest BCUT2D eigenvalue weighted by Gasteiger charge is 2.28. The Morgan fingerprint density at radius 3 is 2.56 bits per heavy atom. The van der Waals surface area contributed by atoms with Crippen LogP contribution in [0.3, 0.4) is 0 Å². The molecule has 2 aromatic carbocycles. The van der Waals surface area contributed by atoms with Crippen LogP contribution >= 0.6 is 11.6 Å². The monoisotopic (exact) mass is 356 g/mol. The van der Waals surface area contributed by atoms with Gasteiger partial charge in [0.2, 0.25) is 0 Å². The summed E-state index contributed by atoms with van der Waals surface area (Å²) >= 11 is 6.15. The molecule has 3 nitrogen and oxygen atoms in total. The molecule has 0 aliphatic carbocycles. The molecule has 132 valence electrons.